The maximum atomic E-state index is 5.66. The van der Waals surface area contributed by atoms with E-state index < -0.39 is 0 Å². The van der Waals surface area contributed by atoms with Gasteiger partial charge < -0.3 is 15.0 Å². The third kappa shape index (κ3) is 4.23. The highest BCUT2D eigenvalue weighted by Crippen LogP contribution is 2.25. The van der Waals surface area contributed by atoms with Crippen molar-refractivity contribution in [3.05, 3.63) is 0 Å². The summed E-state index contributed by atoms with van der Waals surface area (Å²) in [6, 6.07) is 0.600. The van der Waals surface area contributed by atoms with Crippen molar-refractivity contribution < 1.29 is 4.74 Å². The molecule has 1 aliphatic rings. The number of hydrogen-bond donors (Lipinski definition) is 1. The maximum Gasteiger partial charge on any atom is 0.0702 e. The molecule has 0 aromatic carbocycles. The van der Waals surface area contributed by atoms with E-state index in [2.05, 4.69) is 45.0 Å². The number of nitrogens with zero attached hydrogens (tertiary/aromatic N) is 1. The van der Waals surface area contributed by atoms with Crippen LogP contribution < -0.4 is 5.32 Å². The lowest BCUT2D eigenvalue weighted by Crippen LogP contribution is -2.46. The summed E-state index contributed by atoms with van der Waals surface area (Å²) in [7, 11) is 2.25. The molecule has 1 heterocycles. The molecule has 3 atom stereocenters. The van der Waals surface area contributed by atoms with E-state index in [1.54, 1.807) is 0 Å². The lowest BCUT2D eigenvalue weighted by atomic mass is 9.86. The van der Waals surface area contributed by atoms with Crippen molar-refractivity contribution in [1.82, 2.24) is 10.2 Å². The Labute approximate surface area is 107 Å². The smallest absolute Gasteiger partial charge is 0.0702 e. The van der Waals surface area contributed by atoms with Gasteiger partial charge in [-0.05, 0) is 38.8 Å². The molecule has 102 valence electrons. The van der Waals surface area contributed by atoms with Crippen LogP contribution >= 0.6 is 0 Å². The lowest BCUT2D eigenvalue weighted by Gasteiger charge is -2.37. The standard InChI is InChI=1S/C14H30N2O/c1-6-14(4,10-15-7-2)11-16(5)13-8-9-17-12(13)3/h12-13,15H,6-11H2,1-5H3. The Kier molecular flexibility index (Phi) is 5.90. The number of likely N-dealkylation sites (N-methyl/N-ethyl adjacent to an activating group) is 1. The minimum Gasteiger partial charge on any atom is -0.377 e. The molecule has 0 radical (unpaired) electrons. The number of nitrogens with one attached hydrogen (secondary N) is 1. The Hall–Kier alpha value is -0.120. The van der Waals surface area contributed by atoms with Gasteiger partial charge in [-0.1, -0.05) is 20.8 Å². The van der Waals surface area contributed by atoms with Crippen molar-refractivity contribution in [2.24, 2.45) is 5.41 Å². The second-order valence-corrected chi connectivity index (χ2v) is 5.79. The molecule has 0 spiro atoms. The topological polar surface area (TPSA) is 24.5 Å². The van der Waals surface area contributed by atoms with Gasteiger partial charge in [0.05, 0.1) is 6.10 Å². The molecule has 3 unspecified atom stereocenters. The second-order valence-electron chi connectivity index (χ2n) is 5.79. The van der Waals surface area contributed by atoms with E-state index in [9.17, 15) is 0 Å². The summed E-state index contributed by atoms with van der Waals surface area (Å²) in [5.41, 5.74) is 0.368. The van der Waals surface area contributed by atoms with E-state index in [0.717, 1.165) is 26.2 Å². The second kappa shape index (κ2) is 6.72. The van der Waals surface area contributed by atoms with Crippen molar-refractivity contribution >= 4 is 0 Å². The SMILES string of the molecule is CCNCC(C)(CC)CN(C)C1CCOC1C. The van der Waals surface area contributed by atoms with Gasteiger partial charge in [0.15, 0.2) is 0 Å². The monoisotopic (exact) mass is 242 g/mol. The summed E-state index contributed by atoms with van der Waals surface area (Å²) in [4.78, 5) is 2.50. The van der Waals surface area contributed by atoms with Gasteiger partial charge in [0.25, 0.3) is 0 Å². The van der Waals surface area contributed by atoms with Gasteiger partial charge >= 0.3 is 0 Å². The van der Waals surface area contributed by atoms with Crippen LogP contribution in [0.1, 0.15) is 40.5 Å². The first-order chi connectivity index (χ1) is 8.02. The van der Waals surface area contributed by atoms with Crippen LogP contribution in [-0.2, 0) is 4.74 Å². The van der Waals surface area contributed by atoms with Crippen molar-refractivity contribution in [2.45, 2.75) is 52.7 Å². The zero-order valence-corrected chi connectivity index (χ0v) is 12.3. The molecule has 1 aliphatic heterocycles. The van der Waals surface area contributed by atoms with Crippen LogP contribution in [-0.4, -0.2) is 50.3 Å². The Morgan fingerprint density at radius 3 is 2.59 bits per heavy atom. The van der Waals surface area contributed by atoms with Gasteiger partial charge in [0.1, 0.15) is 0 Å². The van der Waals surface area contributed by atoms with E-state index >= 15 is 0 Å². The fourth-order valence-corrected chi connectivity index (χ4v) is 2.74. The van der Waals surface area contributed by atoms with Crippen LogP contribution in [0.25, 0.3) is 0 Å². The molecular weight excluding hydrogens is 212 g/mol. The first-order valence-electron chi connectivity index (χ1n) is 7.05. The molecule has 3 heteroatoms. The van der Waals surface area contributed by atoms with Gasteiger partial charge in [-0.15, -0.1) is 0 Å². The third-order valence-corrected chi connectivity index (χ3v) is 4.19. The number of rotatable bonds is 7. The van der Waals surface area contributed by atoms with Gasteiger partial charge in [-0.25, -0.2) is 0 Å². The first-order valence-corrected chi connectivity index (χ1v) is 7.05. The molecule has 3 nitrogen and oxygen atoms in total. The highest BCUT2D eigenvalue weighted by atomic mass is 16.5. The Balaban J connectivity index is 2.48. The van der Waals surface area contributed by atoms with E-state index in [1.165, 1.54) is 12.8 Å². The summed E-state index contributed by atoms with van der Waals surface area (Å²) in [5.74, 6) is 0. The molecular formula is C14H30N2O. The fourth-order valence-electron chi connectivity index (χ4n) is 2.74. The predicted octanol–water partition coefficient (Wildman–Crippen LogP) is 2.12. The van der Waals surface area contributed by atoms with Crippen molar-refractivity contribution in [2.75, 3.05) is 33.3 Å². The van der Waals surface area contributed by atoms with E-state index in [1.807, 2.05) is 0 Å². The van der Waals surface area contributed by atoms with E-state index in [4.69, 9.17) is 4.74 Å². The Morgan fingerprint density at radius 2 is 2.12 bits per heavy atom. The molecule has 0 aromatic rings. The highest BCUT2D eigenvalue weighted by Gasteiger charge is 2.32. The van der Waals surface area contributed by atoms with Crippen LogP contribution in [0.2, 0.25) is 0 Å². The summed E-state index contributed by atoms with van der Waals surface area (Å²) in [6.07, 6.45) is 2.78. The van der Waals surface area contributed by atoms with Crippen LogP contribution in [0, 0.1) is 5.41 Å². The minimum atomic E-state index is 0.368. The van der Waals surface area contributed by atoms with E-state index in [0.29, 0.717) is 17.6 Å². The highest BCUT2D eigenvalue weighted by molar-refractivity contribution is 4.85. The molecule has 0 aromatic heterocycles. The minimum absolute atomic E-state index is 0.368. The van der Waals surface area contributed by atoms with Gasteiger partial charge in [0, 0.05) is 25.7 Å². The predicted molar refractivity (Wildman–Crippen MR) is 73.4 cm³/mol. The lowest BCUT2D eigenvalue weighted by molar-refractivity contribution is 0.0654. The van der Waals surface area contributed by atoms with Crippen LogP contribution in [0.3, 0.4) is 0 Å². The summed E-state index contributed by atoms with van der Waals surface area (Å²) < 4.78 is 5.66. The van der Waals surface area contributed by atoms with Gasteiger partial charge in [-0.3, -0.25) is 0 Å². The average molecular weight is 242 g/mol. The average Bonchev–Trinajstić information content (AvgIpc) is 2.73. The molecule has 0 bridgehead atoms. The normalized spacial score (nSPS) is 28.6. The third-order valence-electron chi connectivity index (χ3n) is 4.19. The quantitative estimate of drug-likeness (QED) is 0.740. The molecule has 0 aliphatic carbocycles. The summed E-state index contributed by atoms with van der Waals surface area (Å²) in [6.45, 7) is 13.3. The molecule has 1 rings (SSSR count). The maximum absolute atomic E-state index is 5.66. The van der Waals surface area contributed by atoms with E-state index in [-0.39, 0.29) is 0 Å². The molecule has 17 heavy (non-hydrogen) atoms. The van der Waals surface area contributed by atoms with Crippen LogP contribution in [0.5, 0.6) is 0 Å². The summed E-state index contributed by atoms with van der Waals surface area (Å²) in [5, 5.41) is 3.49. The number of ether oxygens (including phenoxy) is 1. The van der Waals surface area contributed by atoms with Crippen molar-refractivity contribution in [1.29, 1.82) is 0 Å². The Bertz CT molecular complexity index is 222. The largest absolute Gasteiger partial charge is 0.377 e. The molecule has 1 N–H and O–H groups in total. The molecule has 1 fully saturated rings. The zero-order chi connectivity index (χ0) is 12.9. The van der Waals surface area contributed by atoms with Crippen LogP contribution in [0.15, 0.2) is 0 Å². The van der Waals surface area contributed by atoms with Crippen molar-refractivity contribution in [3.8, 4) is 0 Å². The van der Waals surface area contributed by atoms with Gasteiger partial charge in [0.2, 0.25) is 0 Å². The fraction of sp³-hybridized carbons (Fsp3) is 1.00. The van der Waals surface area contributed by atoms with Gasteiger partial charge in [-0.2, -0.15) is 0 Å². The zero-order valence-electron chi connectivity index (χ0n) is 12.3. The molecule has 0 saturated carbocycles. The van der Waals surface area contributed by atoms with Crippen LogP contribution in [0.4, 0.5) is 0 Å². The Morgan fingerprint density at radius 1 is 1.41 bits per heavy atom. The summed E-state index contributed by atoms with van der Waals surface area (Å²) >= 11 is 0. The first kappa shape index (κ1) is 14.9. The molecule has 0 amide bonds. The van der Waals surface area contributed by atoms with Crippen molar-refractivity contribution in [3.63, 3.8) is 0 Å². The molecule has 1 saturated heterocycles. The number of hydrogen-bond acceptors (Lipinski definition) is 3.